The third-order valence-corrected chi connectivity index (χ3v) is 7.39. The van der Waals surface area contributed by atoms with Crippen molar-refractivity contribution in [2.75, 3.05) is 13.1 Å². The van der Waals surface area contributed by atoms with Gasteiger partial charge in [-0.05, 0) is 43.4 Å². The molecule has 0 N–H and O–H groups in total. The van der Waals surface area contributed by atoms with Crippen molar-refractivity contribution < 1.29 is 9.59 Å². The first-order valence-electron chi connectivity index (χ1n) is 11.1. The second kappa shape index (κ2) is 7.52. The number of piperidine rings is 1. The quantitative estimate of drug-likeness (QED) is 0.734. The van der Waals surface area contributed by atoms with Gasteiger partial charge in [-0.15, -0.1) is 0 Å². The van der Waals surface area contributed by atoms with Crippen molar-refractivity contribution >= 4 is 11.8 Å². The van der Waals surface area contributed by atoms with Crippen LogP contribution in [-0.4, -0.2) is 55.3 Å². The van der Waals surface area contributed by atoms with Gasteiger partial charge in [-0.25, -0.2) is 4.98 Å². The van der Waals surface area contributed by atoms with Crippen molar-refractivity contribution in [3.63, 3.8) is 0 Å². The molecule has 1 unspecified atom stereocenters. The molecule has 2 aliphatic heterocycles. The van der Waals surface area contributed by atoms with E-state index >= 15 is 0 Å². The lowest BCUT2D eigenvalue weighted by Gasteiger charge is -2.61. The highest BCUT2D eigenvalue weighted by Crippen LogP contribution is 2.59. The maximum absolute atomic E-state index is 13.5. The maximum Gasteiger partial charge on any atom is 0.289 e. The van der Waals surface area contributed by atoms with E-state index in [1.807, 2.05) is 24.3 Å². The number of hydrogen-bond acceptors (Lipinski definition) is 4. The highest BCUT2D eigenvalue weighted by Gasteiger charge is 2.62. The number of amides is 2. The standard InChI is InChI=1S/C23H29N5O2/c1-26-16-13-25-20(26)21(29)27-14-7-18(8-15-27)28-19(17-5-11-24-12-6-17)23(22(28)30)9-3-2-4-10-23/h5-6,11-13,16,18-19H,2-4,7-10,14-15H2,1H3. The van der Waals surface area contributed by atoms with E-state index in [4.69, 9.17) is 0 Å². The average molecular weight is 408 g/mol. The van der Waals surface area contributed by atoms with E-state index in [0.29, 0.717) is 24.8 Å². The minimum Gasteiger partial charge on any atom is -0.336 e. The molecule has 0 radical (unpaired) electrons. The zero-order valence-corrected chi connectivity index (χ0v) is 17.5. The van der Waals surface area contributed by atoms with Crippen LogP contribution in [-0.2, 0) is 11.8 Å². The van der Waals surface area contributed by atoms with Crippen LogP contribution in [0.4, 0.5) is 0 Å². The monoisotopic (exact) mass is 407 g/mol. The molecule has 158 valence electrons. The molecule has 1 aliphatic carbocycles. The van der Waals surface area contributed by atoms with E-state index in [1.165, 1.54) is 12.0 Å². The highest BCUT2D eigenvalue weighted by atomic mass is 16.2. The van der Waals surface area contributed by atoms with Crippen LogP contribution in [0.15, 0.2) is 36.9 Å². The normalized spacial score (nSPS) is 24.2. The number of pyridine rings is 1. The predicted molar refractivity (Wildman–Crippen MR) is 111 cm³/mol. The Kier molecular flexibility index (Phi) is 4.83. The lowest BCUT2D eigenvalue weighted by molar-refractivity contribution is -0.186. The summed E-state index contributed by atoms with van der Waals surface area (Å²) in [5.41, 5.74) is 0.984. The van der Waals surface area contributed by atoms with Crippen LogP contribution in [0.5, 0.6) is 0 Å². The van der Waals surface area contributed by atoms with Crippen LogP contribution in [0.2, 0.25) is 0 Å². The van der Waals surface area contributed by atoms with Crippen LogP contribution in [0.1, 0.15) is 67.2 Å². The van der Waals surface area contributed by atoms with Crippen molar-refractivity contribution in [1.29, 1.82) is 0 Å². The fourth-order valence-electron chi connectivity index (χ4n) is 5.82. The molecule has 1 atom stereocenters. The van der Waals surface area contributed by atoms with E-state index in [2.05, 4.69) is 27.0 Å². The Morgan fingerprint density at radius 1 is 1.07 bits per heavy atom. The largest absolute Gasteiger partial charge is 0.336 e. The highest BCUT2D eigenvalue weighted by molar-refractivity contribution is 5.92. The van der Waals surface area contributed by atoms with Crippen LogP contribution in [0, 0.1) is 5.41 Å². The fourth-order valence-corrected chi connectivity index (χ4v) is 5.82. The Bertz CT molecular complexity index is 926. The van der Waals surface area contributed by atoms with E-state index in [0.717, 1.165) is 38.5 Å². The van der Waals surface area contributed by atoms with E-state index in [-0.39, 0.29) is 23.4 Å². The minimum atomic E-state index is -0.223. The fraction of sp³-hybridized carbons (Fsp3) is 0.565. The zero-order chi connectivity index (χ0) is 20.7. The van der Waals surface area contributed by atoms with Gasteiger partial charge in [0, 0.05) is 51.0 Å². The number of carbonyl (C=O) groups is 2. The number of rotatable bonds is 3. The molecule has 4 heterocycles. The second-order valence-corrected chi connectivity index (χ2v) is 9.00. The molecule has 2 amide bonds. The lowest BCUT2D eigenvalue weighted by Crippen LogP contribution is -2.67. The molecule has 7 heteroatoms. The molecule has 2 aromatic heterocycles. The van der Waals surface area contributed by atoms with E-state index in [1.54, 1.807) is 17.0 Å². The van der Waals surface area contributed by atoms with Gasteiger partial charge in [0.2, 0.25) is 5.91 Å². The number of hydrogen-bond donors (Lipinski definition) is 0. The molecule has 1 spiro atoms. The van der Waals surface area contributed by atoms with Crippen molar-refractivity contribution in [3.8, 4) is 0 Å². The molecular weight excluding hydrogens is 378 g/mol. The number of aryl methyl sites for hydroxylation is 1. The number of aromatic nitrogens is 3. The van der Waals surface area contributed by atoms with Gasteiger partial charge in [-0.2, -0.15) is 0 Å². The molecule has 1 saturated carbocycles. The zero-order valence-electron chi connectivity index (χ0n) is 17.5. The summed E-state index contributed by atoms with van der Waals surface area (Å²) in [6, 6.07) is 4.48. The van der Waals surface area contributed by atoms with Gasteiger partial charge in [-0.1, -0.05) is 19.3 Å². The van der Waals surface area contributed by atoms with Crippen molar-refractivity contribution in [2.45, 2.75) is 57.0 Å². The molecule has 30 heavy (non-hydrogen) atoms. The Hall–Kier alpha value is -2.70. The van der Waals surface area contributed by atoms with E-state index in [9.17, 15) is 9.59 Å². The summed E-state index contributed by atoms with van der Waals surface area (Å²) < 4.78 is 1.76. The number of nitrogens with zero attached hydrogens (tertiary/aromatic N) is 5. The van der Waals surface area contributed by atoms with Crippen LogP contribution in [0.25, 0.3) is 0 Å². The lowest BCUT2D eigenvalue weighted by atomic mass is 9.59. The van der Waals surface area contributed by atoms with Gasteiger partial charge >= 0.3 is 0 Å². The Balaban J connectivity index is 1.33. The smallest absolute Gasteiger partial charge is 0.289 e. The summed E-state index contributed by atoms with van der Waals surface area (Å²) in [6.45, 7) is 1.33. The molecule has 5 rings (SSSR count). The first-order chi connectivity index (χ1) is 14.6. The third kappa shape index (κ3) is 2.94. The van der Waals surface area contributed by atoms with Crippen LogP contribution >= 0.6 is 0 Å². The molecule has 2 saturated heterocycles. The van der Waals surface area contributed by atoms with Gasteiger partial charge in [0.1, 0.15) is 0 Å². The second-order valence-electron chi connectivity index (χ2n) is 9.00. The number of imidazole rings is 1. The summed E-state index contributed by atoms with van der Waals surface area (Å²) >= 11 is 0. The molecule has 7 nitrogen and oxygen atoms in total. The van der Waals surface area contributed by atoms with Crippen molar-refractivity contribution in [2.24, 2.45) is 12.5 Å². The number of likely N-dealkylation sites (tertiary alicyclic amines) is 2. The van der Waals surface area contributed by atoms with Gasteiger partial charge < -0.3 is 14.4 Å². The van der Waals surface area contributed by atoms with Crippen LogP contribution < -0.4 is 0 Å². The summed E-state index contributed by atoms with van der Waals surface area (Å²) in [4.78, 5) is 38.7. The summed E-state index contributed by atoms with van der Waals surface area (Å²) in [5, 5.41) is 0. The van der Waals surface area contributed by atoms with Gasteiger partial charge in [0.25, 0.3) is 5.91 Å². The SMILES string of the molecule is Cn1ccnc1C(=O)N1CCC(N2C(=O)C3(CCCCC3)C2c2ccncc2)CC1. The van der Waals surface area contributed by atoms with Crippen LogP contribution in [0.3, 0.4) is 0 Å². The van der Waals surface area contributed by atoms with Gasteiger partial charge in [0.05, 0.1) is 11.5 Å². The Labute approximate surface area is 177 Å². The Morgan fingerprint density at radius 3 is 2.40 bits per heavy atom. The summed E-state index contributed by atoms with van der Waals surface area (Å²) in [7, 11) is 1.84. The minimum absolute atomic E-state index is 0.0229. The molecule has 0 aromatic carbocycles. The molecule has 2 aromatic rings. The summed E-state index contributed by atoms with van der Waals surface area (Å²) in [6.07, 6.45) is 14.2. The third-order valence-electron chi connectivity index (χ3n) is 7.39. The van der Waals surface area contributed by atoms with Gasteiger partial charge in [0.15, 0.2) is 5.82 Å². The van der Waals surface area contributed by atoms with Gasteiger partial charge in [-0.3, -0.25) is 14.6 Å². The first kappa shape index (κ1) is 19.3. The molecular formula is C23H29N5O2. The van der Waals surface area contributed by atoms with Crippen molar-refractivity contribution in [1.82, 2.24) is 24.3 Å². The topological polar surface area (TPSA) is 71.3 Å². The van der Waals surface area contributed by atoms with E-state index < -0.39 is 0 Å². The molecule has 3 aliphatic rings. The average Bonchev–Trinajstić information content (AvgIpc) is 3.23. The van der Waals surface area contributed by atoms with Crippen molar-refractivity contribution in [3.05, 3.63) is 48.3 Å². The predicted octanol–water partition coefficient (Wildman–Crippen LogP) is 2.95. The Morgan fingerprint density at radius 2 is 1.77 bits per heavy atom. The first-order valence-corrected chi connectivity index (χ1v) is 11.1. The number of β-lactam (4-membered cyclic amide) rings is 1. The molecule has 0 bridgehead atoms. The maximum atomic E-state index is 13.5. The summed E-state index contributed by atoms with van der Waals surface area (Å²) in [5.74, 6) is 0.785. The molecule has 3 fully saturated rings. The number of carbonyl (C=O) groups excluding carboxylic acids is 2.